The van der Waals surface area contributed by atoms with Crippen LogP contribution in [-0.2, 0) is 19.3 Å². The Kier molecular flexibility index (Phi) is 3.42. The van der Waals surface area contributed by atoms with Crippen molar-refractivity contribution in [1.29, 1.82) is 0 Å². The third kappa shape index (κ3) is 3.84. The zero-order chi connectivity index (χ0) is 9.99. The van der Waals surface area contributed by atoms with E-state index in [0.717, 1.165) is 0 Å². The van der Waals surface area contributed by atoms with E-state index >= 15 is 0 Å². The van der Waals surface area contributed by atoms with Gasteiger partial charge in [-0.15, -0.1) is 0 Å². The van der Waals surface area contributed by atoms with Gasteiger partial charge in [0.25, 0.3) is 16.1 Å². The van der Waals surface area contributed by atoms with Crippen LogP contribution in [-0.4, -0.2) is 35.2 Å². The van der Waals surface area contributed by atoms with E-state index in [1.807, 2.05) is 0 Å². The number of hydrogen-bond acceptors (Lipinski definition) is 4. The van der Waals surface area contributed by atoms with Crippen molar-refractivity contribution in [2.45, 2.75) is 13.8 Å². The van der Waals surface area contributed by atoms with Gasteiger partial charge in [0.2, 0.25) is 10.5 Å². The minimum atomic E-state index is -4.12. The molecule has 0 aromatic heterocycles. The molecule has 0 spiro atoms. The third-order valence-corrected chi connectivity index (χ3v) is 2.74. The van der Waals surface area contributed by atoms with Crippen molar-refractivity contribution < 1.29 is 22.2 Å². The molecule has 72 valence electrons. The van der Waals surface area contributed by atoms with Crippen LogP contribution < -0.4 is 0 Å². The van der Waals surface area contributed by atoms with Crippen LogP contribution in [0.15, 0.2) is 0 Å². The predicted molar refractivity (Wildman–Crippen MR) is 46.2 cm³/mol. The lowest BCUT2D eigenvalue weighted by molar-refractivity contribution is -0.142. The molecule has 1 N–H and O–H groups in total. The molecule has 0 atom stereocenters. The van der Waals surface area contributed by atoms with Gasteiger partial charge >= 0.3 is 0 Å². The molecule has 0 bridgehead atoms. The zero-order valence-electron chi connectivity index (χ0n) is 7.20. The monoisotopic (exact) mass is 212 g/mol. The quantitative estimate of drug-likeness (QED) is 0.466. The summed E-state index contributed by atoms with van der Waals surface area (Å²) in [5, 5.41) is 0. The molecule has 0 fully saturated rings. The van der Waals surface area contributed by atoms with E-state index in [1.165, 1.54) is 13.8 Å². The zero-order valence-corrected chi connectivity index (χ0v) is 10.0. The van der Waals surface area contributed by atoms with Gasteiger partial charge in [-0.05, 0) is 13.8 Å². The van der Waals surface area contributed by atoms with E-state index in [1.54, 1.807) is 0 Å². The predicted octanol–water partition coefficient (Wildman–Crippen LogP) is -1.28. The Morgan fingerprint density at radius 1 is 1.58 bits per heavy atom. The van der Waals surface area contributed by atoms with Gasteiger partial charge in [-0.25, -0.2) is 0 Å². The first-order valence-electron chi connectivity index (χ1n) is 3.22. The molecule has 0 heterocycles. The van der Waals surface area contributed by atoms with Crippen molar-refractivity contribution in [2.75, 3.05) is 5.75 Å². The van der Waals surface area contributed by atoms with E-state index in [9.17, 15) is 13.2 Å². The summed E-state index contributed by atoms with van der Waals surface area (Å²) in [6.45, 7) is 2.81. The molecule has 5 nitrogen and oxygen atoms in total. The maximum Gasteiger partial charge on any atom is 0.298 e. The summed E-state index contributed by atoms with van der Waals surface area (Å²) >= 11 is 0. The molecule has 0 rings (SSSR count). The highest BCUT2D eigenvalue weighted by molar-refractivity contribution is 7.85. The highest BCUT2D eigenvalue weighted by Gasteiger charge is 2.33. The smallest absolute Gasteiger partial charge is 0.298 e. The summed E-state index contributed by atoms with van der Waals surface area (Å²) in [6, 6.07) is 0. The molecule has 0 unspecified atom stereocenters. The van der Waals surface area contributed by atoms with Crippen LogP contribution in [0.25, 0.3) is 0 Å². The summed E-state index contributed by atoms with van der Waals surface area (Å²) in [5.74, 6) is -1.21. The van der Waals surface area contributed by atoms with Crippen LogP contribution in [0.2, 0.25) is 0 Å². The lowest BCUT2D eigenvalue weighted by Gasteiger charge is -2.19. The minimum Gasteiger partial charge on any atom is -0.528 e. The summed E-state index contributed by atoms with van der Waals surface area (Å²) in [5.41, 5.74) is -1.17. The summed E-state index contributed by atoms with van der Waals surface area (Å²) in [4.78, 5) is 10.9. The van der Waals surface area contributed by atoms with Crippen LogP contribution >= 0.6 is 0 Å². The van der Waals surface area contributed by atoms with Crippen molar-refractivity contribution in [3.8, 4) is 0 Å². The molecule has 0 aliphatic heterocycles. The van der Waals surface area contributed by atoms with Crippen molar-refractivity contribution in [2.24, 2.45) is 5.41 Å². The summed E-state index contributed by atoms with van der Waals surface area (Å²) in [7, 11) is -3.90. The van der Waals surface area contributed by atoms with Crippen LogP contribution in [0.1, 0.15) is 13.8 Å². The fourth-order valence-corrected chi connectivity index (χ4v) is 2.37. The number of hydrogen-bond donors (Lipinski definition) is 1. The Labute approximate surface area is 74.4 Å². The van der Waals surface area contributed by atoms with Crippen LogP contribution in [0.3, 0.4) is 0 Å². The van der Waals surface area contributed by atoms with Crippen LogP contribution in [0, 0.1) is 5.41 Å². The van der Waals surface area contributed by atoms with Gasteiger partial charge in [-0.1, -0.05) is 0 Å². The van der Waals surface area contributed by atoms with Gasteiger partial charge in [0, 0.05) is 0 Å². The van der Waals surface area contributed by atoms with Crippen molar-refractivity contribution >= 4 is 26.6 Å². The second-order valence-corrected chi connectivity index (χ2v) is 4.96. The Morgan fingerprint density at radius 3 is 2.25 bits per heavy atom. The van der Waals surface area contributed by atoms with Gasteiger partial charge in [-0.2, -0.15) is 8.42 Å². The average molecular weight is 212 g/mol. The Hall–Kier alpha value is -0.403. The number of rotatable bonds is 3. The fourth-order valence-electron chi connectivity index (χ4n) is 0.791. The maximum absolute atomic E-state index is 10.9. The van der Waals surface area contributed by atoms with E-state index in [2.05, 4.69) is 4.43 Å². The molecule has 0 saturated heterocycles. The standard InChI is InChI=1S/C5H12O5SSi/c1-5(2,4(6)10-12)3-11(7,8)9/h3H2,1-2,12H3,(H,7,8,9). The van der Waals surface area contributed by atoms with Gasteiger partial charge < -0.3 is 4.43 Å². The molecule has 0 saturated carbocycles. The van der Waals surface area contributed by atoms with Crippen molar-refractivity contribution in [3.05, 3.63) is 0 Å². The molecule has 0 amide bonds. The SMILES string of the molecule is CC(C)(CS(=O)(=O)O)C(=O)O[SiH3]. The Balaban J connectivity index is 4.54. The van der Waals surface area contributed by atoms with Gasteiger partial charge in [-0.3, -0.25) is 9.35 Å². The lowest BCUT2D eigenvalue weighted by Crippen LogP contribution is -2.33. The van der Waals surface area contributed by atoms with Crippen molar-refractivity contribution in [3.63, 3.8) is 0 Å². The van der Waals surface area contributed by atoms with Gasteiger partial charge in [0.15, 0.2) is 0 Å². The molecular weight excluding hydrogens is 200 g/mol. The minimum absolute atomic E-state index is 0.219. The average Bonchev–Trinajstić information content (AvgIpc) is 1.80. The molecule has 0 aromatic rings. The van der Waals surface area contributed by atoms with Crippen LogP contribution in [0.5, 0.6) is 0 Å². The molecule has 7 heteroatoms. The van der Waals surface area contributed by atoms with E-state index < -0.39 is 27.3 Å². The fraction of sp³-hybridized carbons (Fsp3) is 0.800. The normalized spacial score (nSPS) is 12.9. The molecule has 0 aliphatic rings. The first-order valence-corrected chi connectivity index (χ1v) is 5.65. The number of carbonyl (C=O) groups excluding carboxylic acids is 1. The third-order valence-electron chi connectivity index (χ3n) is 1.28. The Morgan fingerprint density at radius 2 is 2.00 bits per heavy atom. The highest BCUT2D eigenvalue weighted by Crippen LogP contribution is 2.18. The molecule has 0 aliphatic carbocycles. The lowest BCUT2D eigenvalue weighted by atomic mass is 9.97. The number of carbonyl (C=O) groups is 1. The largest absolute Gasteiger partial charge is 0.528 e. The maximum atomic E-state index is 10.9. The topological polar surface area (TPSA) is 80.7 Å². The molecule has 12 heavy (non-hydrogen) atoms. The summed E-state index contributed by atoms with van der Waals surface area (Å²) < 4.78 is 33.8. The molecule has 0 aromatic carbocycles. The Bertz CT molecular complexity index is 268. The van der Waals surface area contributed by atoms with Gasteiger partial charge in [0.1, 0.15) is 0 Å². The first kappa shape index (κ1) is 11.6. The second kappa shape index (κ2) is 3.54. The summed E-state index contributed by atoms with van der Waals surface area (Å²) in [6.07, 6.45) is 0. The molecular formula is C5H12O5SSi. The molecule has 0 radical (unpaired) electrons. The van der Waals surface area contributed by atoms with Crippen LogP contribution in [0.4, 0.5) is 0 Å². The first-order chi connectivity index (χ1) is 5.19. The van der Waals surface area contributed by atoms with E-state index in [4.69, 9.17) is 4.55 Å². The van der Waals surface area contributed by atoms with E-state index in [0.29, 0.717) is 0 Å². The van der Waals surface area contributed by atoms with E-state index in [-0.39, 0.29) is 10.5 Å². The second-order valence-electron chi connectivity index (χ2n) is 3.10. The van der Waals surface area contributed by atoms with Crippen molar-refractivity contribution in [1.82, 2.24) is 0 Å². The van der Waals surface area contributed by atoms with Gasteiger partial charge in [0.05, 0.1) is 11.2 Å². The highest BCUT2D eigenvalue weighted by atomic mass is 32.2.